The molecule has 0 spiro atoms. The Hall–Kier alpha value is -1.13. The first-order chi connectivity index (χ1) is 8.72. The van der Waals surface area contributed by atoms with E-state index in [0.717, 1.165) is 26.4 Å². The van der Waals surface area contributed by atoms with Crippen LogP contribution in [0.1, 0.15) is 5.56 Å². The lowest BCUT2D eigenvalue weighted by Crippen LogP contribution is -1.99. The van der Waals surface area contributed by atoms with E-state index in [1.165, 1.54) is 0 Å². The number of ether oxygens (including phenoxy) is 1. The minimum Gasteiger partial charge on any atom is -0.488 e. The fourth-order valence-electron chi connectivity index (χ4n) is 1.60. The summed E-state index contributed by atoms with van der Waals surface area (Å²) < 4.78 is 6.75. The van der Waals surface area contributed by atoms with E-state index < -0.39 is 0 Å². The van der Waals surface area contributed by atoms with Crippen molar-refractivity contribution in [3.63, 3.8) is 0 Å². The number of nitrogen functional groups attached to an aromatic ring is 1. The molecule has 0 saturated heterocycles. The number of nitrogens with two attached hydrogens (primary N) is 1. The minimum absolute atomic E-state index is 0.503. The Morgan fingerprint density at radius 1 is 1.17 bits per heavy atom. The molecule has 2 rings (SSSR count). The molecule has 2 aromatic rings. The van der Waals surface area contributed by atoms with Gasteiger partial charge in [-0.25, -0.2) is 0 Å². The predicted molar refractivity (Wildman–Crippen MR) is 81.1 cm³/mol. The van der Waals surface area contributed by atoms with Gasteiger partial charge in [-0.15, -0.1) is 11.8 Å². The molecule has 0 bridgehead atoms. The van der Waals surface area contributed by atoms with Gasteiger partial charge in [0.15, 0.2) is 0 Å². The molecule has 0 aromatic heterocycles. The summed E-state index contributed by atoms with van der Waals surface area (Å²) in [5.41, 5.74) is 7.62. The third-order valence-corrected chi connectivity index (χ3v) is 4.31. The highest BCUT2D eigenvalue weighted by Gasteiger charge is 2.06. The van der Waals surface area contributed by atoms with Gasteiger partial charge in [-0.05, 0) is 40.4 Å². The van der Waals surface area contributed by atoms with Gasteiger partial charge in [-0.3, -0.25) is 0 Å². The highest BCUT2D eigenvalue weighted by atomic mass is 79.9. The quantitative estimate of drug-likeness (QED) is 0.671. The Balaban J connectivity index is 2.14. The average molecular weight is 324 g/mol. The van der Waals surface area contributed by atoms with Gasteiger partial charge in [0, 0.05) is 20.6 Å². The molecule has 0 heterocycles. The number of hydrogen-bond acceptors (Lipinski definition) is 3. The SMILES string of the molecule is CSc1ccccc1OCc1cccc(N)c1Br. The average Bonchev–Trinajstić information content (AvgIpc) is 2.41. The van der Waals surface area contributed by atoms with Gasteiger partial charge in [0.25, 0.3) is 0 Å². The largest absolute Gasteiger partial charge is 0.488 e. The predicted octanol–water partition coefficient (Wildman–Crippen LogP) is 4.33. The standard InChI is InChI=1S/C14H14BrNOS/c1-18-13-8-3-2-7-12(13)17-9-10-5-4-6-11(16)14(10)15/h2-8H,9,16H2,1H3. The molecule has 0 saturated carbocycles. The summed E-state index contributed by atoms with van der Waals surface area (Å²) in [6.07, 6.45) is 2.04. The Kier molecular flexibility index (Phi) is 4.55. The van der Waals surface area contributed by atoms with E-state index in [9.17, 15) is 0 Å². The van der Waals surface area contributed by atoms with Crippen molar-refractivity contribution in [3.05, 3.63) is 52.5 Å². The molecule has 18 heavy (non-hydrogen) atoms. The summed E-state index contributed by atoms with van der Waals surface area (Å²) in [6, 6.07) is 13.8. The van der Waals surface area contributed by atoms with Crippen molar-refractivity contribution in [1.82, 2.24) is 0 Å². The fourth-order valence-corrected chi connectivity index (χ4v) is 2.53. The number of para-hydroxylation sites is 1. The number of benzene rings is 2. The summed E-state index contributed by atoms with van der Waals surface area (Å²) in [5.74, 6) is 0.902. The van der Waals surface area contributed by atoms with Crippen LogP contribution in [0.3, 0.4) is 0 Å². The van der Waals surface area contributed by atoms with Crippen LogP contribution >= 0.6 is 27.7 Å². The van der Waals surface area contributed by atoms with Crippen molar-refractivity contribution in [3.8, 4) is 5.75 Å². The van der Waals surface area contributed by atoms with Crippen LogP contribution in [0, 0.1) is 0 Å². The molecule has 0 aliphatic carbocycles. The van der Waals surface area contributed by atoms with E-state index >= 15 is 0 Å². The smallest absolute Gasteiger partial charge is 0.133 e. The number of thioether (sulfide) groups is 1. The third-order valence-electron chi connectivity index (χ3n) is 2.56. The van der Waals surface area contributed by atoms with Crippen molar-refractivity contribution in [2.45, 2.75) is 11.5 Å². The first-order valence-electron chi connectivity index (χ1n) is 5.51. The maximum atomic E-state index is 5.84. The summed E-state index contributed by atoms with van der Waals surface area (Å²) >= 11 is 5.16. The lowest BCUT2D eigenvalue weighted by molar-refractivity contribution is 0.298. The topological polar surface area (TPSA) is 35.2 Å². The number of anilines is 1. The van der Waals surface area contributed by atoms with Gasteiger partial charge >= 0.3 is 0 Å². The van der Waals surface area contributed by atoms with E-state index in [1.54, 1.807) is 11.8 Å². The Morgan fingerprint density at radius 3 is 2.72 bits per heavy atom. The van der Waals surface area contributed by atoms with Gasteiger partial charge in [0.05, 0.1) is 0 Å². The molecular weight excluding hydrogens is 310 g/mol. The van der Waals surface area contributed by atoms with Crippen molar-refractivity contribution in [1.29, 1.82) is 0 Å². The fraction of sp³-hybridized carbons (Fsp3) is 0.143. The van der Waals surface area contributed by atoms with Crippen LogP contribution in [0.5, 0.6) is 5.75 Å². The van der Waals surface area contributed by atoms with E-state index in [0.29, 0.717) is 6.61 Å². The lowest BCUT2D eigenvalue weighted by Gasteiger charge is -2.11. The molecule has 2 N–H and O–H groups in total. The Labute approximate surface area is 120 Å². The van der Waals surface area contributed by atoms with Crippen LogP contribution in [0.2, 0.25) is 0 Å². The van der Waals surface area contributed by atoms with Crippen molar-refractivity contribution >= 4 is 33.4 Å². The molecule has 2 nitrogen and oxygen atoms in total. The summed E-state index contributed by atoms with van der Waals surface area (Å²) in [6.45, 7) is 0.503. The van der Waals surface area contributed by atoms with Crippen molar-refractivity contribution < 1.29 is 4.74 Å². The van der Waals surface area contributed by atoms with E-state index in [2.05, 4.69) is 15.9 Å². The van der Waals surface area contributed by atoms with Crippen molar-refractivity contribution in [2.75, 3.05) is 12.0 Å². The number of rotatable bonds is 4. The molecule has 94 valence electrons. The monoisotopic (exact) mass is 323 g/mol. The molecule has 4 heteroatoms. The molecule has 0 radical (unpaired) electrons. The zero-order chi connectivity index (χ0) is 13.0. The third kappa shape index (κ3) is 3.00. The van der Waals surface area contributed by atoms with E-state index in [4.69, 9.17) is 10.5 Å². The second kappa shape index (κ2) is 6.16. The van der Waals surface area contributed by atoms with Crippen LogP contribution in [0.25, 0.3) is 0 Å². The van der Waals surface area contributed by atoms with Crippen LogP contribution < -0.4 is 10.5 Å². The maximum absolute atomic E-state index is 5.84. The van der Waals surface area contributed by atoms with Crippen LogP contribution in [0.15, 0.2) is 51.8 Å². The van der Waals surface area contributed by atoms with Gasteiger partial charge in [0.2, 0.25) is 0 Å². The van der Waals surface area contributed by atoms with E-state index in [1.807, 2.05) is 48.7 Å². The first-order valence-corrected chi connectivity index (χ1v) is 7.53. The Bertz CT molecular complexity index is 545. The van der Waals surface area contributed by atoms with E-state index in [-0.39, 0.29) is 0 Å². The molecule has 0 unspecified atom stereocenters. The van der Waals surface area contributed by atoms with Crippen LogP contribution in [0.4, 0.5) is 5.69 Å². The molecule has 0 fully saturated rings. The van der Waals surface area contributed by atoms with Crippen molar-refractivity contribution in [2.24, 2.45) is 0 Å². The van der Waals surface area contributed by atoms with Crippen LogP contribution in [-0.4, -0.2) is 6.26 Å². The summed E-state index contributed by atoms with van der Waals surface area (Å²) in [7, 11) is 0. The van der Waals surface area contributed by atoms with Gasteiger partial charge in [-0.1, -0.05) is 24.3 Å². The van der Waals surface area contributed by atoms with Gasteiger partial charge < -0.3 is 10.5 Å². The molecule has 0 amide bonds. The molecule has 2 aromatic carbocycles. The van der Waals surface area contributed by atoms with Gasteiger partial charge in [-0.2, -0.15) is 0 Å². The summed E-state index contributed by atoms with van der Waals surface area (Å²) in [4.78, 5) is 1.14. The minimum atomic E-state index is 0.503. The zero-order valence-electron chi connectivity index (χ0n) is 10.0. The highest BCUT2D eigenvalue weighted by Crippen LogP contribution is 2.29. The number of halogens is 1. The maximum Gasteiger partial charge on any atom is 0.133 e. The second-order valence-corrected chi connectivity index (χ2v) is 5.40. The second-order valence-electron chi connectivity index (χ2n) is 3.76. The molecule has 0 aliphatic rings. The van der Waals surface area contributed by atoms with Crippen LogP contribution in [-0.2, 0) is 6.61 Å². The molecular formula is C14H14BrNOS. The number of hydrogen-bond donors (Lipinski definition) is 1. The van der Waals surface area contributed by atoms with Gasteiger partial charge in [0.1, 0.15) is 12.4 Å². The lowest BCUT2D eigenvalue weighted by atomic mass is 10.2. The highest BCUT2D eigenvalue weighted by molar-refractivity contribution is 9.10. The summed E-state index contributed by atoms with van der Waals surface area (Å²) in [5, 5.41) is 0. The normalized spacial score (nSPS) is 10.3. The molecule has 0 aliphatic heterocycles. The zero-order valence-corrected chi connectivity index (χ0v) is 12.4. The first kappa shape index (κ1) is 13.3. The molecule has 0 atom stereocenters. The Morgan fingerprint density at radius 2 is 1.94 bits per heavy atom.